The second-order valence-electron chi connectivity index (χ2n) is 3.92. The van der Waals surface area contributed by atoms with E-state index in [9.17, 15) is 8.60 Å². The molecule has 1 aromatic carbocycles. The minimum Gasteiger partial charge on any atom is -0.248 e. The molecular weight excluding hydrogens is 225 g/mol. The van der Waals surface area contributed by atoms with Gasteiger partial charge in [-0.3, -0.25) is 0 Å². The van der Waals surface area contributed by atoms with Gasteiger partial charge in [0.15, 0.2) is 0 Å². The Bertz CT molecular complexity index is 440. The molecule has 0 saturated carbocycles. The van der Waals surface area contributed by atoms with E-state index in [1.54, 1.807) is 25.1 Å². The number of benzene rings is 1. The van der Waals surface area contributed by atoms with Crippen molar-refractivity contribution in [1.29, 1.82) is 0 Å². The zero-order chi connectivity index (χ0) is 12.3. The molecule has 0 aliphatic rings. The maximum Gasteiger partial charge on any atom is 0.130 e. The first-order valence-electron chi connectivity index (χ1n) is 5.07. The fourth-order valence-corrected chi connectivity index (χ4v) is 2.59. The molecule has 1 atom stereocenters. The number of rotatable bonds is 3. The molecule has 0 amide bonds. The van der Waals surface area contributed by atoms with E-state index in [4.69, 9.17) is 5.14 Å². The molecule has 0 heterocycles. The Balaban J connectivity index is 3.36. The molecule has 0 saturated heterocycles. The van der Waals surface area contributed by atoms with Gasteiger partial charge >= 0.3 is 0 Å². The number of nitrogens with two attached hydrogens (primary N) is 1. The molecule has 0 spiro atoms. The Hall–Kier alpha value is -1.00. The lowest BCUT2D eigenvalue weighted by molar-refractivity contribution is 0.623. The maximum absolute atomic E-state index is 13.6. The third kappa shape index (κ3) is 2.77. The van der Waals surface area contributed by atoms with Crippen LogP contribution < -0.4 is 5.14 Å². The van der Waals surface area contributed by atoms with Crippen molar-refractivity contribution in [2.24, 2.45) is 11.1 Å². The van der Waals surface area contributed by atoms with Crippen molar-refractivity contribution in [3.63, 3.8) is 0 Å². The fourth-order valence-electron chi connectivity index (χ4n) is 1.71. The molecule has 0 aliphatic carbocycles. The molecule has 88 valence electrons. The highest BCUT2D eigenvalue weighted by atomic mass is 32.2. The summed E-state index contributed by atoms with van der Waals surface area (Å²) in [6.07, 6.45) is 0. The van der Waals surface area contributed by atoms with Gasteiger partial charge in [-0.2, -0.15) is 0 Å². The van der Waals surface area contributed by atoms with Crippen LogP contribution in [0, 0.1) is 11.7 Å². The minimum atomic E-state index is -1.56. The summed E-state index contributed by atoms with van der Waals surface area (Å²) in [5.74, 6) is -0.283. The van der Waals surface area contributed by atoms with E-state index >= 15 is 0 Å². The molecule has 2 nitrogen and oxygen atoms in total. The summed E-state index contributed by atoms with van der Waals surface area (Å²) in [5, 5.41) is 5.42. The second kappa shape index (κ2) is 5.37. The highest BCUT2D eigenvalue weighted by Crippen LogP contribution is 2.26. The summed E-state index contributed by atoms with van der Waals surface area (Å²) in [7, 11) is -1.56. The molecule has 0 aliphatic heterocycles. The SMILES string of the molecule is CC(=C(C(C)C)S(N)=O)c1ccccc1F. The second-order valence-corrected chi connectivity index (χ2v) is 4.96. The standard InChI is InChI=1S/C12H16FNOS/c1-8(2)12(16(14)15)9(3)10-6-4-5-7-11(10)13/h4-8H,14H2,1-3H3. The molecule has 0 aromatic heterocycles. The third-order valence-electron chi connectivity index (χ3n) is 2.39. The maximum atomic E-state index is 13.6. The van der Waals surface area contributed by atoms with Crippen LogP contribution in [-0.2, 0) is 11.0 Å². The summed E-state index contributed by atoms with van der Waals surface area (Å²) in [6.45, 7) is 5.54. The van der Waals surface area contributed by atoms with Gasteiger partial charge in [0.05, 0.1) is 0 Å². The van der Waals surface area contributed by atoms with E-state index in [0.29, 0.717) is 16.0 Å². The zero-order valence-electron chi connectivity index (χ0n) is 9.66. The van der Waals surface area contributed by atoms with Gasteiger partial charge in [-0.1, -0.05) is 32.0 Å². The average molecular weight is 241 g/mol. The fraction of sp³-hybridized carbons (Fsp3) is 0.333. The Labute approximate surface area is 97.9 Å². The molecule has 1 aromatic rings. The van der Waals surface area contributed by atoms with Crippen molar-refractivity contribution in [3.8, 4) is 0 Å². The van der Waals surface area contributed by atoms with Crippen molar-refractivity contribution in [2.75, 3.05) is 0 Å². The van der Waals surface area contributed by atoms with Gasteiger partial charge in [-0.05, 0) is 24.5 Å². The first-order valence-corrected chi connectivity index (χ1v) is 6.28. The molecular formula is C12H16FNOS. The van der Waals surface area contributed by atoms with E-state index in [-0.39, 0.29) is 11.7 Å². The van der Waals surface area contributed by atoms with Crippen LogP contribution in [0.2, 0.25) is 0 Å². The topological polar surface area (TPSA) is 43.1 Å². The Kier molecular flexibility index (Phi) is 4.38. The summed E-state index contributed by atoms with van der Waals surface area (Å²) in [4.78, 5) is 0.588. The predicted octanol–water partition coefficient (Wildman–Crippen LogP) is 2.84. The largest absolute Gasteiger partial charge is 0.248 e. The molecule has 0 bridgehead atoms. The minimum absolute atomic E-state index is 0.0328. The van der Waals surface area contributed by atoms with E-state index in [0.717, 1.165) is 0 Å². The average Bonchev–Trinajstić information content (AvgIpc) is 2.16. The Morgan fingerprint density at radius 2 is 1.94 bits per heavy atom. The lowest BCUT2D eigenvalue weighted by Crippen LogP contribution is -2.12. The van der Waals surface area contributed by atoms with Gasteiger partial charge in [0.1, 0.15) is 16.8 Å². The van der Waals surface area contributed by atoms with Crippen molar-refractivity contribution < 1.29 is 8.60 Å². The number of hydrogen-bond acceptors (Lipinski definition) is 1. The van der Waals surface area contributed by atoms with E-state index in [1.165, 1.54) is 6.07 Å². The van der Waals surface area contributed by atoms with Crippen LogP contribution in [-0.4, -0.2) is 4.21 Å². The lowest BCUT2D eigenvalue weighted by atomic mass is 10.0. The predicted molar refractivity (Wildman–Crippen MR) is 66.2 cm³/mol. The zero-order valence-corrected chi connectivity index (χ0v) is 10.5. The van der Waals surface area contributed by atoms with Gasteiger partial charge < -0.3 is 0 Å². The monoisotopic (exact) mass is 241 g/mol. The van der Waals surface area contributed by atoms with Crippen LogP contribution in [0.15, 0.2) is 29.2 Å². The van der Waals surface area contributed by atoms with Crippen molar-refractivity contribution >= 4 is 16.6 Å². The van der Waals surface area contributed by atoms with Crippen LogP contribution in [0.25, 0.3) is 5.57 Å². The highest BCUT2D eigenvalue weighted by molar-refractivity contribution is 7.86. The quantitative estimate of drug-likeness (QED) is 0.868. The van der Waals surface area contributed by atoms with Crippen LogP contribution in [0.3, 0.4) is 0 Å². The highest BCUT2D eigenvalue weighted by Gasteiger charge is 2.15. The smallest absolute Gasteiger partial charge is 0.130 e. The lowest BCUT2D eigenvalue weighted by Gasteiger charge is -2.13. The number of halogens is 1. The molecule has 16 heavy (non-hydrogen) atoms. The van der Waals surface area contributed by atoms with Gasteiger partial charge in [-0.15, -0.1) is 0 Å². The van der Waals surface area contributed by atoms with E-state index < -0.39 is 11.0 Å². The van der Waals surface area contributed by atoms with Gasteiger partial charge in [-0.25, -0.2) is 13.7 Å². The Morgan fingerprint density at radius 1 is 1.38 bits per heavy atom. The van der Waals surface area contributed by atoms with Crippen molar-refractivity contribution in [3.05, 3.63) is 40.6 Å². The summed E-state index contributed by atoms with van der Waals surface area (Å²) in [5.41, 5.74) is 1.12. The van der Waals surface area contributed by atoms with Crippen LogP contribution >= 0.6 is 0 Å². The van der Waals surface area contributed by atoms with Crippen molar-refractivity contribution in [1.82, 2.24) is 0 Å². The van der Waals surface area contributed by atoms with Crippen LogP contribution in [0.5, 0.6) is 0 Å². The molecule has 1 unspecified atom stereocenters. The normalized spacial score (nSPS) is 14.9. The molecule has 1 rings (SSSR count). The number of hydrogen-bond donors (Lipinski definition) is 1. The summed E-state index contributed by atoms with van der Waals surface area (Å²) < 4.78 is 25.0. The molecule has 0 fully saturated rings. The molecule has 4 heteroatoms. The van der Waals surface area contributed by atoms with Crippen molar-refractivity contribution in [2.45, 2.75) is 20.8 Å². The summed E-state index contributed by atoms with van der Waals surface area (Å²) >= 11 is 0. The van der Waals surface area contributed by atoms with Crippen LogP contribution in [0.1, 0.15) is 26.3 Å². The van der Waals surface area contributed by atoms with Crippen LogP contribution in [0.4, 0.5) is 4.39 Å². The van der Waals surface area contributed by atoms with Gasteiger partial charge in [0, 0.05) is 10.5 Å². The first kappa shape index (κ1) is 13.1. The Morgan fingerprint density at radius 3 is 2.38 bits per heavy atom. The molecule has 0 radical (unpaired) electrons. The first-order chi connectivity index (χ1) is 7.45. The van der Waals surface area contributed by atoms with Gasteiger partial charge in [0.25, 0.3) is 0 Å². The van der Waals surface area contributed by atoms with E-state index in [2.05, 4.69) is 0 Å². The number of allylic oxidation sites excluding steroid dienone is 2. The van der Waals surface area contributed by atoms with E-state index in [1.807, 2.05) is 13.8 Å². The molecule has 2 N–H and O–H groups in total. The third-order valence-corrected chi connectivity index (χ3v) is 3.60. The van der Waals surface area contributed by atoms with Gasteiger partial charge in [0.2, 0.25) is 0 Å². The summed E-state index contributed by atoms with van der Waals surface area (Å²) in [6, 6.07) is 6.43.